The van der Waals surface area contributed by atoms with Crippen LogP contribution in [0.25, 0.3) is 0 Å². The van der Waals surface area contributed by atoms with Gasteiger partial charge in [-0.1, -0.05) is 6.92 Å². The second-order valence-electron chi connectivity index (χ2n) is 3.52. The van der Waals surface area contributed by atoms with Gasteiger partial charge in [0.1, 0.15) is 5.82 Å². The van der Waals surface area contributed by atoms with Crippen molar-refractivity contribution < 1.29 is 4.74 Å². The van der Waals surface area contributed by atoms with Gasteiger partial charge in [-0.05, 0) is 12.8 Å². The van der Waals surface area contributed by atoms with E-state index in [9.17, 15) is 0 Å². The van der Waals surface area contributed by atoms with Crippen LogP contribution in [0.5, 0.6) is 0 Å². The van der Waals surface area contributed by atoms with Crippen LogP contribution in [0.2, 0.25) is 0 Å². The van der Waals surface area contributed by atoms with E-state index in [-0.39, 0.29) is 6.04 Å². The highest BCUT2D eigenvalue weighted by molar-refractivity contribution is 4.97. The van der Waals surface area contributed by atoms with Gasteiger partial charge < -0.3 is 9.30 Å². The van der Waals surface area contributed by atoms with Crippen molar-refractivity contribution in [1.29, 1.82) is 0 Å². The van der Waals surface area contributed by atoms with Gasteiger partial charge in [0.25, 0.3) is 0 Å². The number of nitrogens with one attached hydrogen (secondary N) is 1. The maximum Gasteiger partial charge on any atom is 0.127 e. The van der Waals surface area contributed by atoms with E-state index in [1.807, 2.05) is 17.8 Å². The Hall–Kier alpha value is -0.910. The molecular formula is C10H20N4O. The highest BCUT2D eigenvalue weighted by Gasteiger charge is 2.13. The minimum absolute atomic E-state index is 0.0573. The molecule has 0 radical (unpaired) electrons. The number of nitrogens with two attached hydrogens (primary N) is 1. The van der Waals surface area contributed by atoms with E-state index in [1.165, 1.54) is 0 Å². The molecule has 0 saturated heterocycles. The maximum atomic E-state index is 5.49. The third-order valence-electron chi connectivity index (χ3n) is 2.27. The van der Waals surface area contributed by atoms with Gasteiger partial charge in [0.15, 0.2) is 0 Å². The first kappa shape index (κ1) is 12.2. The number of hydrogen-bond donors (Lipinski definition) is 2. The predicted octanol–water partition coefficient (Wildman–Crippen LogP) is 0.741. The summed E-state index contributed by atoms with van der Waals surface area (Å²) in [6.45, 7) is 3.60. The molecule has 0 aromatic carbocycles. The summed E-state index contributed by atoms with van der Waals surface area (Å²) in [6, 6.07) is 0.0573. The largest absolute Gasteiger partial charge is 0.381 e. The normalized spacial score (nSPS) is 13.0. The van der Waals surface area contributed by atoms with Crippen molar-refractivity contribution in [2.75, 3.05) is 13.2 Å². The lowest BCUT2D eigenvalue weighted by Crippen LogP contribution is -2.31. The smallest absolute Gasteiger partial charge is 0.127 e. The molecule has 0 spiro atoms. The Labute approximate surface area is 90.6 Å². The number of nitrogens with zero attached hydrogens (tertiary/aromatic N) is 2. The molecule has 0 aliphatic carbocycles. The van der Waals surface area contributed by atoms with E-state index < -0.39 is 0 Å². The van der Waals surface area contributed by atoms with Crippen LogP contribution in [-0.4, -0.2) is 22.8 Å². The quantitative estimate of drug-likeness (QED) is 0.397. The Morgan fingerprint density at radius 1 is 1.60 bits per heavy atom. The lowest BCUT2D eigenvalue weighted by atomic mass is 10.2. The third kappa shape index (κ3) is 3.62. The molecule has 5 nitrogen and oxygen atoms in total. The zero-order chi connectivity index (χ0) is 11.1. The van der Waals surface area contributed by atoms with Crippen molar-refractivity contribution in [3.63, 3.8) is 0 Å². The SMILES string of the molecule is CCCOCCC(NN)c1nccn1C. The van der Waals surface area contributed by atoms with Gasteiger partial charge in [-0.3, -0.25) is 5.84 Å². The molecule has 0 fully saturated rings. The first-order valence-electron chi connectivity index (χ1n) is 5.30. The summed E-state index contributed by atoms with van der Waals surface area (Å²) >= 11 is 0. The van der Waals surface area contributed by atoms with E-state index in [0.717, 1.165) is 25.3 Å². The van der Waals surface area contributed by atoms with Crippen molar-refractivity contribution >= 4 is 0 Å². The average molecular weight is 212 g/mol. The number of imidazole rings is 1. The molecule has 3 N–H and O–H groups in total. The molecule has 1 heterocycles. The van der Waals surface area contributed by atoms with E-state index >= 15 is 0 Å². The zero-order valence-corrected chi connectivity index (χ0v) is 9.44. The first-order chi connectivity index (χ1) is 7.29. The third-order valence-corrected chi connectivity index (χ3v) is 2.27. The molecule has 0 saturated carbocycles. The first-order valence-corrected chi connectivity index (χ1v) is 5.30. The molecule has 1 rings (SSSR count). The van der Waals surface area contributed by atoms with Gasteiger partial charge in [0.05, 0.1) is 6.04 Å². The average Bonchev–Trinajstić information content (AvgIpc) is 2.65. The number of aromatic nitrogens is 2. The van der Waals surface area contributed by atoms with Gasteiger partial charge in [0, 0.05) is 32.7 Å². The van der Waals surface area contributed by atoms with E-state index in [2.05, 4.69) is 17.3 Å². The minimum Gasteiger partial charge on any atom is -0.381 e. The number of aryl methyl sites for hydroxylation is 1. The Morgan fingerprint density at radius 2 is 2.40 bits per heavy atom. The summed E-state index contributed by atoms with van der Waals surface area (Å²) in [5, 5.41) is 0. The Bertz CT molecular complexity index is 274. The highest BCUT2D eigenvalue weighted by atomic mass is 16.5. The van der Waals surface area contributed by atoms with Crippen molar-refractivity contribution in [2.45, 2.75) is 25.8 Å². The summed E-state index contributed by atoms with van der Waals surface area (Å²) in [6.07, 6.45) is 5.56. The molecule has 15 heavy (non-hydrogen) atoms. The lowest BCUT2D eigenvalue weighted by molar-refractivity contribution is 0.123. The predicted molar refractivity (Wildman–Crippen MR) is 59.0 cm³/mol. The molecule has 1 atom stereocenters. The standard InChI is InChI=1S/C10H20N4O/c1-3-7-15-8-4-9(13-11)10-12-5-6-14(10)2/h5-6,9,13H,3-4,7-8,11H2,1-2H3. The van der Waals surface area contributed by atoms with Crippen molar-refractivity contribution in [2.24, 2.45) is 12.9 Å². The van der Waals surface area contributed by atoms with Crippen molar-refractivity contribution in [3.8, 4) is 0 Å². The van der Waals surface area contributed by atoms with Crippen LogP contribution in [0.15, 0.2) is 12.4 Å². The van der Waals surface area contributed by atoms with Crippen LogP contribution < -0.4 is 11.3 Å². The molecule has 0 bridgehead atoms. The van der Waals surface area contributed by atoms with Crippen LogP contribution >= 0.6 is 0 Å². The second-order valence-corrected chi connectivity index (χ2v) is 3.52. The van der Waals surface area contributed by atoms with Crippen LogP contribution in [0.1, 0.15) is 31.6 Å². The Morgan fingerprint density at radius 3 is 2.93 bits per heavy atom. The van der Waals surface area contributed by atoms with Gasteiger partial charge >= 0.3 is 0 Å². The Balaban J connectivity index is 2.39. The fourth-order valence-corrected chi connectivity index (χ4v) is 1.45. The van der Waals surface area contributed by atoms with Crippen LogP contribution in [-0.2, 0) is 11.8 Å². The van der Waals surface area contributed by atoms with Gasteiger partial charge in [0.2, 0.25) is 0 Å². The second kappa shape index (κ2) is 6.55. The van der Waals surface area contributed by atoms with Crippen LogP contribution in [0.4, 0.5) is 0 Å². The monoisotopic (exact) mass is 212 g/mol. The fraction of sp³-hybridized carbons (Fsp3) is 0.700. The number of hydrazine groups is 1. The molecule has 0 aliphatic heterocycles. The van der Waals surface area contributed by atoms with Crippen LogP contribution in [0, 0.1) is 0 Å². The zero-order valence-electron chi connectivity index (χ0n) is 9.44. The molecule has 1 aromatic rings. The summed E-state index contributed by atoms with van der Waals surface area (Å²) in [4.78, 5) is 4.25. The highest BCUT2D eigenvalue weighted by Crippen LogP contribution is 2.12. The summed E-state index contributed by atoms with van der Waals surface area (Å²) in [5.74, 6) is 6.43. The summed E-state index contributed by atoms with van der Waals surface area (Å²) in [7, 11) is 1.96. The van der Waals surface area contributed by atoms with E-state index in [4.69, 9.17) is 10.6 Å². The molecular weight excluding hydrogens is 192 g/mol. The number of hydrogen-bond acceptors (Lipinski definition) is 4. The lowest BCUT2D eigenvalue weighted by Gasteiger charge is -2.15. The molecule has 5 heteroatoms. The molecule has 86 valence electrons. The molecule has 0 amide bonds. The molecule has 1 aromatic heterocycles. The van der Waals surface area contributed by atoms with E-state index in [0.29, 0.717) is 6.61 Å². The van der Waals surface area contributed by atoms with Crippen molar-refractivity contribution in [3.05, 3.63) is 18.2 Å². The number of ether oxygens (including phenoxy) is 1. The minimum atomic E-state index is 0.0573. The topological polar surface area (TPSA) is 65.1 Å². The Kier molecular flexibility index (Phi) is 5.31. The van der Waals surface area contributed by atoms with Crippen LogP contribution in [0.3, 0.4) is 0 Å². The van der Waals surface area contributed by atoms with Crippen molar-refractivity contribution in [1.82, 2.24) is 15.0 Å². The summed E-state index contributed by atoms with van der Waals surface area (Å²) < 4.78 is 7.38. The van der Waals surface area contributed by atoms with E-state index in [1.54, 1.807) is 6.20 Å². The number of rotatable bonds is 7. The molecule has 1 unspecified atom stereocenters. The van der Waals surface area contributed by atoms with Gasteiger partial charge in [-0.15, -0.1) is 0 Å². The fourth-order valence-electron chi connectivity index (χ4n) is 1.45. The maximum absolute atomic E-state index is 5.49. The summed E-state index contributed by atoms with van der Waals surface area (Å²) in [5.41, 5.74) is 2.76. The molecule has 0 aliphatic rings. The van der Waals surface area contributed by atoms with Gasteiger partial charge in [-0.25, -0.2) is 10.4 Å². The van der Waals surface area contributed by atoms with Gasteiger partial charge in [-0.2, -0.15) is 0 Å².